The minimum absolute atomic E-state index is 0.118. The van der Waals surface area contributed by atoms with Gasteiger partial charge in [0.05, 0.1) is 5.88 Å². The standard InChI is InChI=1S/C14H16ClN3/c1-14(2,3)13-17-11(9-15)16-12(18-13)10-7-5-4-6-8-10/h4-8H,9H2,1-3H3. The number of benzene rings is 1. The smallest absolute Gasteiger partial charge is 0.163 e. The van der Waals surface area contributed by atoms with E-state index in [1.807, 2.05) is 30.3 Å². The molecule has 0 saturated heterocycles. The molecule has 0 spiro atoms. The fourth-order valence-electron chi connectivity index (χ4n) is 1.53. The third-order valence-corrected chi connectivity index (χ3v) is 2.74. The molecule has 94 valence electrons. The van der Waals surface area contributed by atoms with Crippen LogP contribution in [0.1, 0.15) is 32.4 Å². The molecule has 0 radical (unpaired) electrons. The highest BCUT2D eigenvalue weighted by molar-refractivity contribution is 6.16. The Morgan fingerprint density at radius 3 is 2.22 bits per heavy atom. The summed E-state index contributed by atoms with van der Waals surface area (Å²) < 4.78 is 0. The van der Waals surface area contributed by atoms with Crippen molar-refractivity contribution in [2.45, 2.75) is 32.1 Å². The van der Waals surface area contributed by atoms with Gasteiger partial charge in [-0.1, -0.05) is 51.1 Å². The molecule has 4 heteroatoms. The van der Waals surface area contributed by atoms with Gasteiger partial charge in [0.1, 0.15) is 11.6 Å². The van der Waals surface area contributed by atoms with Gasteiger partial charge in [0, 0.05) is 11.0 Å². The minimum atomic E-state index is -0.118. The second-order valence-electron chi connectivity index (χ2n) is 5.15. The summed E-state index contributed by atoms with van der Waals surface area (Å²) in [5.74, 6) is 2.37. The maximum Gasteiger partial charge on any atom is 0.163 e. The topological polar surface area (TPSA) is 38.7 Å². The number of hydrogen-bond acceptors (Lipinski definition) is 3. The molecule has 1 aromatic heterocycles. The van der Waals surface area contributed by atoms with Gasteiger partial charge in [0.15, 0.2) is 5.82 Å². The van der Waals surface area contributed by atoms with Crippen LogP contribution in [0.2, 0.25) is 0 Å². The molecule has 2 rings (SSSR count). The fraction of sp³-hybridized carbons (Fsp3) is 0.357. The third-order valence-electron chi connectivity index (χ3n) is 2.50. The van der Waals surface area contributed by atoms with Crippen molar-refractivity contribution in [3.63, 3.8) is 0 Å². The van der Waals surface area contributed by atoms with E-state index in [1.54, 1.807) is 0 Å². The predicted octanol–water partition coefficient (Wildman–Crippen LogP) is 3.57. The molecule has 0 aliphatic heterocycles. The van der Waals surface area contributed by atoms with Gasteiger partial charge in [-0.3, -0.25) is 0 Å². The summed E-state index contributed by atoms with van der Waals surface area (Å²) in [6, 6.07) is 9.88. The maximum absolute atomic E-state index is 5.86. The molecule has 3 nitrogen and oxygen atoms in total. The van der Waals surface area contributed by atoms with Crippen LogP contribution < -0.4 is 0 Å². The van der Waals surface area contributed by atoms with E-state index in [-0.39, 0.29) is 5.41 Å². The van der Waals surface area contributed by atoms with Gasteiger partial charge < -0.3 is 0 Å². The Hall–Kier alpha value is -1.48. The number of hydrogen-bond donors (Lipinski definition) is 0. The average Bonchev–Trinajstić information content (AvgIpc) is 2.38. The van der Waals surface area contributed by atoms with Crippen LogP contribution in [0.5, 0.6) is 0 Å². The Morgan fingerprint density at radius 2 is 1.67 bits per heavy atom. The third kappa shape index (κ3) is 2.85. The summed E-state index contributed by atoms with van der Waals surface area (Å²) in [4.78, 5) is 13.3. The fourth-order valence-corrected chi connectivity index (χ4v) is 1.65. The summed E-state index contributed by atoms with van der Waals surface area (Å²) >= 11 is 5.86. The van der Waals surface area contributed by atoms with E-state index in [0.717, 1.165) is 11.4 Å². The molecular formula is C14H16ClN3. The van der Waals surface area contributed by atoms with Crippen molar-refractivity contribution < 1.29 is 0 Å². The average molecular weight is 262 g/mol. The second-order valence-corrected chi connectivity index (χ2v) is 5.42. The Bertz CT molecular complexity index is 532. The lowest BCUT2D eigenvalue weighted by atomic mass is 9.95. The van der Waals surface area contributed by atoms with Gasteiger partial charge >= 0.3 is 0 Å². The first-order chi connectivity index (χ1) is 8.50. The molecule has 0 aliphatic rings. The Morgan fingerprint density at radius 1 is 1.00 bits per heavy atom. The highest BCUT2D eigenvalue weighted by atomic mass is 35.5. The van der Waals surface area contributed by atoms with Gasteiger partial charge in [-0.25, -0.2) is 15.0 Å². The van der Waals surface area contributed by atoms with Crippen molar-refractivity contribution in [1.82, 2.24) is 15.0 Å². The van der Waals surface area contributed by atoms with Crippen molar-refractivity contribution >= 4 is 11.6 Å². The van der Waals surface area contributed by atoms with E-state index in [2.05, 4.69) is 35.7 Å². The van der Waals surface area contributed by atoms with Crippen LogP contribution in [0, 0.1) is 0 Å². The second kappa shape index (κ2) is 5.02. The molecule has 0 unspecified atom stereocenters. The summed E-state index contributed by atoms with van der Waals surface area (Å²) in [5.41, 5.74) is 0.865. The molecule has 1 heterocycles. The first-order valence-electron chi connectivity index (χ1n) is 5.87. The number of halogens is 1. The zero-order chi connectivity index (χ0) is 13.2. The first kappa shape index (κ1) is 13.0. The lowest BCUT2D eigenvalue weighted by molar-refractivity contribution is 0.539. The zero-order valence-electron chi connectivity index (χ0n) is 10.8. The van der Waals surface area contributed by atoms with E-state index < -0.39 is 0 Å². The highest BCUT2D eigenvalue weighted by Gasteiger charge is 2.20. The van der Waals surface area contributed by atoms with Crippen molar-refractivity contribution in [3.8, 4) is 11.4 Å². The highest BCUT2D eigenvalue weighted by Crippen LogP contribution is 2.22. The SMILES string of the molecule is CC(C)(C)c1nc(CCl)nc(-c2ccccc2)n1. The van der Waals surface area contributed by atoms with Crippen molar-refractivity contribution in [2.24, 2.45) is 0 Å². The van der Waals surface area contributed by atoms with Crippen LogP contribution in [0.3, 0.4) is 0 Å². The van der Waals surface area contributed by atoms with Gasteiger partial charge in [0.25, 0.3) is 0 Å². The Kier molecular flexibility index (Phi) is 3.62. The quantitative estimate of drug-likeness (QED) is 0.776. The summed E-state index contributed by atoms with van der Waals surface area (Å²) in [7, 11) is 0. The largest absolute Gasteiger partial charge is 0.216 e. The van der Waals surface area contributed by atoms with Gasteiger partial charge in [-0.15, -0.1) is 11.6 Å². The Labute approximate surface area is 112 Å². The maximum atomic E-state index is 5.86. The monoisotopic (exact) mass is 261 g/mol. The van der Waals surface area contributed by atoms with E-state index in [9.17, 15) is 0 Å². The van der Waals surface area contributed by atoms with Crippen LogP contribution in [0.15, 0.2) is 30.3 Å². The predicted molar refractivity (Wildman–Crippen MR) is 73.5 cm³/mol. The lowest BCUT2D eigenvalue weighted by Gasteiger charge is -2.17. The van der Waals surface area contributed by atoms with Crippen LogP contribution in [0.25, 0.3) is 11.4 Å². The summed E-state index contributed by atoms with van der Waals surface area (Å²) in [6.07, 6.45) is 0. The van der Waals surface area contributed by atoms with Crippen LogP contribution in [0.4, 0.5) is 0 Å². The van der Waals surface area contributed by atoms with Crippen molar-refractivity contribution in [1.29, 1.82) is 0 Å². The van der Waals surface area contributed by atoms with E-state index in [0.29, 0.717) is 17.5 Å². The molecule has 18 heavy (non-hydrogen) atoms. The molecule has 0 N–H and O–H groups in total. The number of aromatic nitrogens is 3. The van der Waals surface area contributed by atoms with E-state index >= 15 is 0 Å². The zero-order valence-corrected chi connectivity index (χ0v) is 11.6. The van der Waals surface area contributed by atoms with Crippen molar-refractivity contribution in [3.05, 3.63) is 42.0 Å². The normalized spacial score (nSPS) is 11.6. The van der Waals surface area contributed by atoms with E-state index in [4.69, 9.17) is 11.6 Å². The molecular weight excluding hydrogens is 246 g/mol. The number of alkyl halides is 1. The first-order valence-corrected chi connectivity index (χ1v) is 6.41. The van der Waals surface area contributed by atoms with Crippen molar-refractivity contribution in [2.75, 3.05) is 0 Å². The number of nitrogens with zero attached hydrogens (tertiary/aromatic N) is 3. The summed E-state index contributed by atoms with van der Waals surface area (Å²) in [5, 5.41) is 0. The molecule has 0 fully saturated rings. The molecule has 0 atom stereocenters. The van der Waals surface area contributed by atoms with E-state index in [1.165, 1.54) is 0 Å². The van der Waals surface area contributed by atoms with Crippen LogP contribution in [-0.4, -0.2) is 15.0 Å². The van der Waals surface area contributed by atoms with Gasteiger partial charge in [0.2, 0.25) is 0 Å². The molecule has 1 aromatic carbocycles. The molecule has 0 bridgehead atoms. The molecule has 2 aromatic rings. The van der Waals surface area contributed by atoms with Gasteiger partial charge in [-0.05, 0) is 0 Å². The molecule has 0 saturated carbocycles. The van der Waals surface area contributed by atoms with Gasteiger partial charge in [-0.2, -0.15) is 0 Å². The number of rotatable bonds is 2. The minimum Gasteiger partial charge on any atom is -0.216 e. The van der Waals surface area contributed by atoms with Crippen LogP contribution >= 0.6 is 11.6 Å². The molecule has 0 amide bonds. The van der Waals surface area contributed by atoms with Crippen LogP contribution in [-0.2, 0) is 11.3 Å². The lowest BCUT2D eigenvalue weighted by Crippen LogP contribution is -2.18. The molecule has 0 aliphatic carbocycles. The Balaban J connectivity index is 2.55. The summed E-state index contributed by atoms with van der Waals surface area (Å²) in [6.45, 7) is 6.24.